The fourth-order valence-corrected chi connectivity index (χ4v) is 1.65. The van der Waals surface area contributed by atoms with Crippen LogP contribution in [0.3, 0.4) is 0 Å². The minimum absolute atomic E-state index is 0.0446. The smallest absolute Gasteiger partial charge is 0.314 e. The largest absolute Gasteiger partial charge is 0.481 e. The Morgan fingerprint density at radius 2 is 2.27 bits per heavy atom. The molecule has 0 saturated heterocycles. The van der Waals surface area contributed by atoms with Gasteiger partial charge in [0.25, 0.3) is 0 Å². The van der Waals surface area contributed by atoms with Gasteiger partial charge in [-0.15, -0.1) is 0 Å². The number of carbonyl (C=O) groups is 1. The number of imidazole rings is 1. The zero-order valence-corrected chi connectivity index (χ0v) is 9.45. The van der Waals surface area contributed by atoms with Gasteiger partial charge >= 0.3 is 5.97 Å². The van der Waals surface area contributed by atoms with Crippen molar-refractivity contribution in [1.29, 1.82) is 0 Å². The lowest BCUT2D eigenvalue weighted by molar-refractivity contribution is -0.140. The van der Waals surface area contributed by atoms with Crippen molar-refractivity contribution in [2.75, 3.05) is 0 Å². The van der Waals surface area contributed by atoms with E-state index < -0.39 is 11.9 Å². The Labute approximate surface area is 89.7 Å². The highest BCUT2D eigenvalue weighted by molar-refractivity contribution is 5.75. The van der Waals surface area contributed by atoms with Crippen molar-refractivity contribution in [3.8, 4) is 0 Å². The van der Waals surface area contributed by atoms with Crippen molar-refractivity contribution in [3.05, 3.63) is 17.7 Å². The fourth-order valence-electron chi connectivity index (χ4n) is 1.65. The quantitative estimate of drug-likeness (QED) is 0.782. The van der Waals surface area contributed by atoms with Gasteiger partial charge in [0.15, 0.2) is 0 Å². The zero-order valence-electron chi connectivity index (χ0n) is 9.45. The Morgan fingerprint density at radius 1 is 1.60 bits per heavy atom. The summed E-state index contributed by atoms with van der Waals surface area (Å²) in [6, 6.07) is 0. The second-order valence-electron chi connectivity index (χ2n) is 4.10. The summed E-state index contributed by atoms with van der Waals surface area (Å²) in [6.07, 6.45) is 3.68. The van der Waals surface area contributed by atoms with Gasteiger partial charge < -0.3 is 10.1 Å². The van der Waals surface area contributed by atoms with Crippen LogP contribution < -0.4 is 0 Å². The van der Waals surface area contributed by atoms with E-state index in [1.807, 2.05) is 13.8 Å². The highest BCUT2D eigenvalue weighted by Crippen LogP contribution is 2.22. The van der Waals surface area contributed by atoms with Crippen LogP contribution in [0.5, 0.6) is 0 Å². The van der Waals surface area contributed by atoms with Crippen LogP contribution in [0.2, 0.25) is 0 Å². The molecule has 4 nitrogen and oxygen atoms in total. The summed E-state index contributed by atoms with van der Waals surface area (Å²) in [5.41, 5.74) is 1.01. The first kappa shape index (κ1) is 11.8. The molecule has 4 heteroatoms. The number of aliphatic carboxylic acids is 1. The third kappa shape index (κ3) is 2.81. The maximum absolute atomic E-state index is 11.0. The van der Waals surface area contributed by atoms with Crippen LogP contribution in [0, 0.1) is 5.92 Å². The predicted octanol–water partition coefficient (Wildman–Crippen LogP) is 2.19. The third-order valence-corrected chi connectivity index (χ3v) is 2.39. The molecule has 0 saturated carbocycles. The number of carboxylic acid groups (broad SMARTS) is 1. The van der Waals surface area contributed by atoms with Crippen molar-refractivity contribution in [3.63, 3.8) is 0 Å². The van der Waals surface area contributed by atoms with Crippen LogP contribution in [-0.2, 0) is 11.2 Å². The van der Waals surface area contributed by atoms with E-state index in [0.717, 1.165) is 18.5 Å². The molecule has 0 aliphatic heterocycles. The molecular formula is C11H18N2O2. The molecule has 84 valence electrons. The van der Waals surface area contributed by atoms with Gasteiger partial charge in [-0.2, -0.15) is 0 Å². The van der Waals surface area contributed by atoms with Gasteiger partial charge in [0.2, 0.25) is 0 Å². The lowest BCUT2D eigenvalue weighted by Crippen LogP contribution is -2.18. The minimum atomic E-state index is -0.817. The number of H-pyrrole nitrogens is 1. The van der Waals surface area contributed by atoms with Crippen LogP contribution in [0.15, 0.2) is 6.20 Å². The van der Waals surface area contributed by atoms with Gasteiger partial charge in [-0.25, -0.2) is 4.98 Å². The molecule has 0 aromatic carbocycles. The SMILES string of the molecule is CCCc1cnc(C(C(=O)O)C(C)C)[nH]1. The van der Waals surface area contributed by atoms with E-state index in [0.29, 0.717) is 5.82 Å². The van der Waals surface area contributed by atoms with Crippen LogP contribution in [0.25, 0.3) is 0 Å². The number of aromatic amines is 1. The highest BCUT2D eigenvalue weighted by Gasteiger charge is 2.26. The third-order valence-electron chi connectivity index (χ3n) is 2.39. The van der Waals surface area contributed by atoms with Crippen molar-refractivity contribution in [1.82, 2.24) is 9.97 Å². The van der Waals surface area contributed by atoms with Gasteiger partial charge in [0.05, 0.1) is 0 Å². The lowest BCUT2D eigenvalue weighted by atomic mass is 9.95. The molecule has 1 heterocycles. The molecule has 0 bridgehead atoms. The van der Waals surface area contributed by atoms with Gasteiger partial charge in [-0.1, -0.05) is 27.2 Å². The number of carboxylic acids is 1. The average molecular weight is 210 g/mol. The number of hydrogen-bond donors (Lipinski definition) is 2. The standard InChI is InChI=1S/C11H18N2O2/c1-4-5-8-6-12-10(13-8)9(7(2)3)11(14)15/h6-7,9H,4-5H2,1-3H3,(H,12,13)(H,14,15). The Balaban J connectivity index is 2.87. The predicted molar refractivity (Wildman–Crippen MR) is 57.8 cm³/mol. The second kappa shape index (κ2) is 4.96. The number of aromatic nitrogens is 2. The number of rotatable bonds is 5. The molecular weight excluding hydrogens is 192 g/mol. The number of hydrogen-bond acceptors (Lipinski definition) is 2. The number of nitrogens with zero attached hydrogens (tertiary/aromatic N) is 1. The first-order valence-corrected chi connectivity index (χ1v) is 5.32. The van der Waals surface area contributed by atoms with E-state index in [2.05, 4.69) is 16.9 Å². The van der Waals surface area contributed by atoms with E-state index in [4.69, 9.17) is 5.11 Å². The Morgan fingerprint density at radius 3 is 2.73 bits per heavy atom. The van der Waals surface area contributed by atoms with Crippen LogP contribution >= 0.6 is 0 Å². The summed E-state index contributed by atoms with van der Waals surface area (Å²) in [7, 11) is 0. The normalized spacial score (nSPS) is 13.1. The monoisotopic (exact) mass is 210 g/mol. The molecule has 2 N–H and O–H groups in total. The van der Waals surface area contributed by atoms with Crippen LogP contribution in [0.4, 0.5) is 0 Å². The number of nitrogens with one attached hydrogen (secondary N) is 1. The molecule has 1 atom stereocenters. The molecule has 0 spiro atoms. The maximum atomic E-state index is 11.0. The molecule has 0 radical (unpaired) electrons. The number of aryl methyl sites for hydroxylation is 1. The van der Waals surface area contributed by atoms with Crippen molar-refractivity contribution >= 4 is 5.97 Å². The van der Waals surface area contributed by atoms with Crippen molar-refractivity contribution < 1.29 is 9.90 Å². The molecule has 1 rings (SSSR count). The highest BCUT2D eigenvalue weighted by atomic mass is 16.4. The molecule has 0 aliphatic carbocycles. The lowest BCUT2D eigenvalue weighted by Gasteiger charge is -2.12. The molecule has 0 aliphatic rings. The molecule has 1 aromatic heterocycles. The summed E-state index contributed by atoms with van der Waals surface area (Å²) in [5, 5.41) is 9.08. The second-order valence-corrected chi connectivity index (χ2v) is 4.10. The summed E-state index contributed by atoms with van der Waals surface area (Å²) in [4.78, 5) is 18.3. The minimum Gasteiger partial charge on any atom is -0.481 e. The molecule has 1 aromatic rings. The first-order chi connectivity index (χ1) is 7.06. The van der Waals surface area contributed by atoms with Crippen molar-refractivity contribution in [2.24, 2.45) is 5.92 Å². The maximum Gasteiger partial charge on any atom is 0.314 e. The van der Waals surface area contributed by atoms with Crippen LogP contribution in [0.1, 0.15) is 44.6 Å². The topological polar surface area (TPSA) is 66.0 Å². The first-order valence-electron chi connectivity index (χ1n) is 5.32. The Hall–Kier alpha value is -1.32. The zero-order chi connectivity index (χ0) is 11.4. The van der Waals surface area contributed by atoms with Gasteiger partial charge in [-0.3, -0.25) is 4.79 Å². The van der Waals surface area contributed by atoms with Gasteiger partial charge in [0, 0.05) is 11.9 Å². The summed E-state index contributed by atoms with van der Waals surface area (Å²) in [6.45, 7) is 5.86. The Bertz CT molecular complexity index is 331. The Kier molecular flexibility index (Phi) is 3.88. The molecule has 0 fully saturated rings. The van der Waals surface area contributed by atoms with Gasteiger partial charge in [0.1, 0.15) is 11.7 Å². The summed E-state index contributed by atoms with van der Waals surface area (Å²) < 4.78 is 0. The molecule has 1 unspecified atom stereocenters. The van der Waals surface area contributed by atoms with E-state index >= 15 is 0 Å². The van der Waals surface area contributed by atoms with E-state index in [-0.39, 0.29) is 5.92 Å². The molecule has 15 heavy (non-hydrogen) atoms. The van der Waals surface area contributed by atoms with E-state index in [1.54, 1.807) is 6.20 Å². The summed E-state index contributed by atoms with van der Waals surface area (Å²) in [5.74, 6) is -0.734. The molecule has 0 amide bonds. The van der Waals surface area contributed by atoms with E-state index in [9.17, 15) is 4.79 Å². The van der Waals surface area contributed by atoms with E-state index in [1.165, 1.54) is 0 Å². The fraction of sp³-hybridized carbons (Fsp3) is 0.636. The summed E-state index contributed by atoms with van der Waals surface area (Å²) >= 11 is 0. The van der Waals surface area contributed by atoms with Crippen molar-refractivity contribution in [2.45, 2.75) is 39.5 Å². The van der Waals surface area contributed by atoms with Gasteiger partial charge in [-0.05, 0) is 12.3 Å². The van der Waals surface area contributed by atoms with Crippen LogP contribution in [-0.4, -0.2) is 21.0 Å². The average Bonchev–Trinajstić information content (AvgIpc) is 2.52.